The Balaban J connectivity index is 2.22. The first-order chi connectivity index (χ1) is 8.19. The summed E-state index contributed by atoms with van der Waals surface area (Å²) in [6, 6.07) is 0.0324. The van der Waals surface area contributed by atoms with E-state index in [1.807, 2.05) is 0 Å². The van der Waals surface area contributed by atoms with Gasteiger partial charge in [0.25, 0.3) is 0 Å². The van der Waals surface area contributed by atoms with Gasteiger partial charge in [0.15, 0.2) is 0 Å². The van der Waals surface area contributed by atoms with Crippen LogP contribution in [-0.4, -0.2) is 56.2 Å². The van der Waals surface area contributed by atoms with E-state index < -0.39 is 6.04 Å². The molecule has 3 N–H and O–H groups in total. The van der Waals surface area contributed by atoms with Gasteiger partial charge in [-0.15, -0.1) is 0 Å². The van der Waals surface area contributed by atoms with Crippen LogP contribution in [0.3, 0.4) is 0 Å². The number of amides is 1. The summed E-state index contributed by atoms with van der Waals surface area (Å²) in [4.78, 5) is 14.1. The Bertz CT molecular complexity index is 236. The lowest BCUT2D eigenvalue weighted by molar-refractivity contribution is -0.122. The average molecular weight is 243 g/mol. The molecule has 5 heteroatoms. The highest BCUT2D eigenvalue weighted by molar-refractivity contribution is 5.81. The topological polar surface area (TPSA) is 67.6 Å². The number of methoxy groups -OCH3 is 1. The number of nitrogens with zero attached hydrogens (tertiary/aromatic N) is 1. The minimum absolute atomic E-state index is 0.0648. The first-order valence-electron chi connectivity index (χ1n) is 6.45. The summed E-state index contributed by atoms with van der Waals surface area (Å²) in [5.41, 5.74) is 5.75. The zero-order chi connectivity index (χ0) is 12.7. The van der Waals surface area contributed by atoms with Crippen LogP contribution in [0.4, 0.5) is 0 Å². The van der Waals surface area contributed by atoms with Crippen molar-refractivity contribution in [1.29, 1.82) is 0 Å². The summed E-state index contributed by atoms with van der Waals surface area (Å²) >= 11 is 0. The molecule has 1 heterocycles. The van der Waals surface area contributed by atoms with Crippen LogP contribution in [-0.2, 0) is 9.53 Å². The number of nitrogens with two attached hydrogens (primary N) is 1. The van der Waals surface area contributed by atoms with Gasteiger partial charge in [0.2, 0.25) is 5.91 Å². The van der Waals surface area contributed by atoms with Crippen LogP contribution >= 0.6 is 0 Å². The van der Waals surface area contributed by atoms with Gasteiger partial charge in [-0.05, 0) is 32.4 Å². The predicted molar refractivity (Wildman–Crippen MR) is 67.7 cm³/mol. The van der Waals surface area contributed by atoms with Crippen molar-refractivity contribution in [3.8, 4) is 0 Å². The second-order valence-corrected chi connectivity index (χ2v) is 4.56. The summed E-state index contributed by atoms with van der Waals surface area (Å²) in [5.74, 6) is -0.0648. The van der Waals surface area contributed by atoms with Gasteiger partial charge in [0, 0.05) is 26.3 Å². The molecular weight excluding hydrogens is 218 g/mol. The molecule has 1 aliphatic rings. The molecule has 2 unspecified atom stereocenters. The fourth-order valence-electron chi connectivity index (χ4n) is 2.27. The van der Waals surface area contributed by atoms with Crippen molar-refractivity contribution in [2.75, 3.05) is 33.4 Å². The van der Waals surface area contributed by atoms with Crippen LogP contribution in [0.1, 0.15) is 26.2 Å². The van der Waals surface area contributed by atoms with Crippen molar-refractivity contribution in [2.45, 2.75) is 38.3 Å². The molecule has 0 spiro atoms. The van der Waals surface area contributed by atoms with Crippen molar-refractivity contribution >= 4 is 5.91 Å². The van der Waals surface area contributed by atoms with Gasteiger partial charge in [0.1, 0.15) is 0 Å². The summed E-state index contributed by atoms with van der Waals surface area (Å²) in [7, 11) is 1.61. The zero-order valence-electron chi connectivity index (χ0n) is 10.9. The molecule has 100 valence electrons. The number of likely N-dealkylation sites (tertiary alicyclic amines) is 1. The largest absolute Gasteiger partial charge is 0.385 e. The van der Waals surface area contributed by atoms with Gasteiger partial charge in [0.05, 0.1) is 6.04 Å². The number of hydrogen-bond acceptors (Lipinski definition) is 4. The number of nitrogens with one attached hydrogen (secondary N) is 1. The third-order valence-electron chi connectivity index (χ3n) is 3.39. The first-order valence-corrected chi connectivity index (χ1v) is 6.45. The Morgan fingerprint density at radius 1 is 1.65 bits per heavy atom. The van der Waals surface area contributed by atoms with Gasteiger partial charge in [-0.2, -0.15) is 0 Å². The molecule has 0 aromatic rings. The Kier molecular flexibility index (Phi) is 6.47. The molecular formula is C12H25N3O2. The first kappa shape index (κ1) is 14.4. The minimum atomic E-state index is -0.452. The Labute approximate surface area is 104 Å². The van der Waals surface area contributed by atoms with Gasteiger partial charge >= 0.3 is 0 Å². The average Bonchev–Trinajstić information content (AvgIpc) is 2.80. The van der Waals surface area contributed by atoms with E-state index in [-0.39, 0.29) is 5.91 Å². The molecule has 0 saturated carbocycles. The molecule has 1 rings (SSSR count). The van der Waals surface area contributed by atoms with Crippen molar-refractivity contribution in [3.05, 3.63) is 0 Å². The second-order valence-electron chi connectivity index (χ2n) is 4.56. The SMILES string of the molecule is CCN1CCCC1CNC(=O)C(N)CCOC. The van der Waals surface area contributed by atoms with Crippen molar-refractivity contribution < 1.29 is 9.53 Å². The summed E-state index contributed by atoms with van der Waals surface area (Å²) < 4.78 is 4.91. The Hall–Kier alpha value is -0.650. The number of ether oxygens (including phenoxy) is 1. The van der Waals surface area contributed by atoms with E-state index >= 15 is 0 Å². The highest BCUT2D eigenvalue weighted by Crippen LogP contribution is 2.15. The fourth-order valence-corrected chi connectivity index (χ4v) is 2.27. The molecule has 1 saturated heterocycles. The van der Waals surface area contributed by atoms with Crippen molar-refractivity contribution in [3.63, 3.8) is 0 Å². The zero-order valence-corrected chi connectivity index (χ0v) is 10.9. The summed E-state index contributed by atoms with van der Waals surface area (Å²) in [6.45, 7) is 5.60. The van der Waals surface area contributed by atoms with E-state index in [4.69, 9.17) is 10.5 Å². The number of hydrogen-bond donors (Lipinski definition) is 2. The van der Waals surface area contributed by atoms with Crippen LogP contribution in [0.5, 0.6) is 0 Å². The summed E-state index contributed by atoms with van der Waals surface area (Å²) in [6.07, 6.45) is 2.97. The third-order valence-corrected chi connectivity index (χ3v) is 3.39. The number of likely N-dealkylation sites (N-methyl/N-ethyl adjacent to an activating group) is 1. The highest BCUT2D eigenvalue weighted by atomic mass is 16.5. The maximum atomic E-state index is 11.7. The second kappa shape index (κ2) is 7.63. The number of carbonyl (C=O) groups excluding carboxylic acids is 1. The molecule has 0 radical (unpaired) electrons. The fraction of sp³-hybridized carbons (Fsp3) is 0.917. The van der Waals surface area contributed by atoms with Crippen LogP contribution in [0.2, 0.25) is 0 Å². The molecule has 2 atom stereocenters. The standard InChI is InChI=1S/C12H25N3O2/c1-3-15-7-4-5-10(15)9-14-12(16)11(13)6-8-17-2/h10-11H,3-9,13H2,1-2H3,(H,14,16). The molecule has 1 amide bonds. The van der Waals surface area contributed by atoms with Crippen LogP contribution in [0.25, 0.3) is 0 Å². The molecule has 17 heavy (non-hydrogen) atoms. The quantitative estimate of drug-likeness (QED) is 0.658. The van der Waals surface area contributed by atoms with Gasteiger partial charge in [-0.3, -0.25) is 9.69 Å². The van der Waals surface area contributed by atoms with Crippen molar-refractivity contribution in [1.82, 2.24) is 10.2 Å². The molecule has 0 aromatic heterocycles. The maximum Gasteiger partial charge on any atom is 0.237 e. The van der Waals surface area contributed by atoms with E-state index in [9.17, 15) is 4.79 Å². The lowest BCUT2D eigenvalue weighted by atomic mass is 10.2. The number of carbonyl (C=O) groups is 1. The van der Waals surface area contributed by atoms with E-state index in [0.29, 0.717) is 25.6 Å². The number of rotatable bonds is 7. The normalized spacial score (nSPS) is 22.6. The molecule has 0 bridgehead atoms. The highest BCUT2D eigenvalue weighted by Gasteiger charge is 2.23. The molecule has 5 nitrogen and oxygen atoms in total. The van der Waals surface area contributed by atoms with Crippen molar-refractivity contribution in [2.24, 2.45) is 5.73 Å². The smallest absolute Gasteiger partial charge is 0.237 e. The third kappa shape index (κ3) is 4.61. The van der Waals surface area contributed by atoms with Gasteiger partial charge in [-0.25, -0.2) is 0 Å². The summed E-state index contributed by atoms with van der Waals surface area (Å²) in [5, 5.41) is 2.94. The molecule has 0 aliphatic carbocycles. The Morgan fingerprint density at radius 3 is 3.06 bits per heavy atom. The lowest BCUT2D eigenvalue weighted by Gasteiger charge is -2.23. The molecule has 0 aromatic carbocycles. The van der Waals surface area contributed by atoms with Crippen LogP contribution < -0.4 is 11.1 Å². The van der Waals surface area contributed by atoms with E-state index in [1.165, 1.54) is 12.8 Å². The van der Waals surface area contributed by atoms with Gasteiger partial charge in [-0.1, -0.05) is 6.92 Å². The molecule has 1 aliphatic heterocycles. The van der Waals surface area contributed by atoms with E-state index in [1.54, 1.807) is 7.11 Å². The monoisotopic (exact) mass is 243 g/mol. The lowest BCUT2D eigenvalue weighted by Crippen LogP contribution is -2.46. The van der Waals surface area contributed by atoms with E-state index in [0.717, 1.165) is 13.1 Å². The van der Waals surface area contributed by atoms with Crippen LogP contribution in [0.15, 0.2) is 0 Å². The predicted octanol–water partition coefficient (Wildman–Crippen LogP) is -0.0493. The Morgan fingerprint density at radius 2 is 2.41 bits per heavy atom. The van der Waals surface area contributed by atoms with E-state index in [2.05, 4.69) is 17.1 Å². The molecule has 1 fully saturated rings. The maximum absolute atomic E-state index is 11.7. The van der Waals surface area contributed by atoms with Gasteiger partial charge < -0.3 is 15.8 Å². The van der Waals surface area contributed by atoms with Crippen LogP contribution in [0, 0.1) is 0 Å². The minimum Gasteiger partial charge on any atom is -0.385 e.